The second kappa shape index (κ2) is 6.06. The largest absolute Gasteiger partial charge is 0.271 e. The SMILES string of the molecule is CCn1nccc1C(NN)C1(CC(C)C)CCCC1. The van der Waals surface area contributed by atoms with Crippen LogP contribution >= 0.6 is 0 Å². The third kappa shape index (κ3) is 2.84. The number of aryl methyl sites for hydroxylation is 1. The topological polar surface area (TPSA) is 55.9 Å². The molecule has 108 valence electrons. The van der Waals surface area contributed by atoms with Crippen LogP contribution < -0.4 is 11.3 Å². The van der Waals surface area contributed by atoms with E-state index < -0.39 is 0 Å². The van der Waals surface area contributed by atoms with E-state index in [0.29, 0.717) is 11.3 Å². The Morgan fingerprint density at radius 2 is 2.11 bits per heavy atom. The molecule has 1 aliphatic carbocycles. The number of nitrogens with zero attached hydrogens (tertiary/aromatic N) is 2. The van der Waals surface area contributed by atoms with Crippen molar-refractivity contribution < 1.29 is 0 Å². The molecule has 2 rings (SSSR count). The number of nitrogens with one attached hydrogen (secondary N) is 1. The summed E-state index contributed by atoms with van der Waals surface area (Å²) in [6.45, 7) is 7.65. The standard InChI is InChI=1S/C15H28N4/c1-4-19-13(7-10-17-19)14(18-16)15(11-12(2)3)8-5-6-9-15/h7,10,12,14,18H,4-6,8-9,11,16H2,1-3H3. The van der Waals surface area contributed by atoms with Crippen LogP contribution in [-0.2, 0) is 6.54 Å². The molecule has 0 bridgehead atoms. The summed E-state index contributed by atoms with van der Waals surface area (Å²) >= 11 is 0. The van der Waals surface area contributed by atoms with E-state index in [4.69, 9.17) is 5.84 Å². The van der Waals surface area contributed by atoms with Gasteiger partial charge >= 0.3 is 0 Å². The quantitative estimate of drug-likeness (QED) is 0.613. The summed E-state index contributed by atoms with van der Waals surface area (Å²) in [5, 5.41) is 4.41. The van der Waals surface area contributed by atoms with Gasteiger partial charge in [-0.15, -0.1) is 0 Å². The second-order valence-corrected chi connectivity index (χ2v) is 6.34. The average molecular weight is 264 g/mol. The van der Waals surface area contributed by atoms with Crippen molar-refractivity contribution in [2.24, 2.45) is 17.2 Å². The van der Waals surface area contributed by atoms with Crippen LogP contribution in [0, 0.1) is 11.3 Å². The first-order valence-electron chi connectivity index (χ1n) is 7.61. The molecule has 1 aliphatic rings. The molecule has 1 heterocycles. The lowest BCUT2D eigenvalue weighted by atomic mass is 9.71. The van der Waals surface area contributed by atoms with Crippen molar-refractivity contribution in [1.82, 2.24) is 15.2 Å². The minimum atomic E-state index is 0.222. The van der Waals surface area contributed by atoms with Crippen LogP contribution in [0.3, 0.4) is 0 Å². The van der Waals surface area contributed by atoms with Crippen LogP contribution in [0.1, 0.15) is 64.6 Å². The first-order valence-corrected chi connectivity index (χ1v) is 7.61. The first kappa shape index (κ1) is 14.5. The third-order valence-electron chi connectivity index (χ3n) is 4.54. The highest BCUT2D eigenvalue weighted by atomic mass is 15.3. The minimum Gasteiger partial charge on any atom is -0.271 e. The fourth-order valence-electron chi connectivity index (χ4n) is 3.93. The maximum absolute atomic E-state index is 5.94. The number of hydrazine groups is 1. The van der Waals surface area contributed by atoms with Gasteiger partial charge in [0.2, 0.25) is 0 Å². The molecule has 0 spiro atoms. The molecule has 1 aromatic rings. The Morgan fingerprint density at radius 3 is 2.63 bits per heavy atom. The molecule has 0 radical (unpaired) electrons. The van der Waals surface area contributed by atoms with E-state index in [9.17, 15) is 0 Å². The zero-order chi connectivity index (χ0) is 13.9. The minimum absolute atomic E-state index is 0.222. The van der Waals surface area contributed by atoms with Gasteiger partial charge in [0, 0.05) is 12.7 Å². The summed E-state index contributed by atoms with van der Waals surface area (Å²) in [5.74, 6) is 6.64. The van der Waals surface area contributed by atoms with Crippen molar-refractivity contribution in [2.75, 3.05) is 0 Å². The van der Waals surface area contributed by atoms with Crippen LogP contribution in [0.15, 0.2) is 12.3 Å². The number of rotatable bonds is 6. The van der Waals surface area contributed by atoms with Gasteiger partial charge < -0.3 is 0 Å². The Labute approximate surface area is 116 Å². The fraction of sp³-hybridized carbons (Fsp3) is 0.800. The maximum atomic E-state index is 5.94. The Bertz CT molecular complexity index is 391. The summed E-state index contributed by atoms with van der Waals surface area (Å²) in [6, 6.07) is 2.34. The first-order chi connectivity index (χ1) is 9.13. The van der Waals surface area contributed by atoms with Gasteiger partial charge in [0.25, 0.3) is 0 Å². The number of aromatic nitrogens is 2. The summed E-state index contributed by atoms with van der Waals surface area (Å²) in [4.78, 5) is 0. The lowest BCUT2D eigenvalue weighted by Gasteiger charge is -2.39. The van der Waals surface area contributed by atoms with E-state index in [0.717, 1.165) is 6.54 Å². The smallest absolute Gasteiger partial charge is 0.0685 e. The lowest BCUT2D eigenvalue weighted by Crippen LogP contribution is -2.42. The van der Waals surface area contributed by atoms with Crippen molar-refractivity contribution in [2.45, 2.75) is 65.5 Å². The van der Waals surface area contributed by atoms with Gasteiger partial charge in [-0.1, -0.05) is 26.7 Å². The highest BCUT2D eigenvalue weighted by molar-refractivity contribution is 5.13. The predicted octanol–water partition coefficient (Wildman–Crippen LogP) is 3.01. The van der Waals surface area contributed by atoms with E-state index in [-0.39, 0.29) is 6.04 Å². The highest BCUT2D eigenvalue weighted by Crippen LogP contribution is 2.51. The third-order valence-corrected chi connectivity index (χ3v) is 4.54. The summed E-state index contributed by atoms with van der Waals surface area (Å²) in [6.07, 6.45) is 8.32. The summed E-state index contributed by atoms with van der Waals surface area (Å²) < 4.78 is 2.07. The molecule has 1 atom stereocenters. The van der Waals surface area contributed by atoms with Crippen LogP contribution in [-0.4, -0.2) is 9.78 Å². The van der Waals surface area contributed by atoms with Crippen molar-refractivity contribution in [3.63, 3.8) is 0 Å². The van der Waals surface area contributed by atoms with Crippen molar-refractivity contribution in [3.8, 4) is 0 Å². The molecule has 1 fully saturated rings. The highest BCUT2D eigenvalue weighted by Gasteiger charge is 2.43. The molecule has 19 heavy (non-hydrogen) atoms. The van der Waals surface area contributed by atoms with Crippen LogP contribution in [0.5, 0.6) is 0 Å². The Balaban J connectivity index is 2.32. The molecule has 0 aromatic carbocycles. The van der Waals surface area contributed by atoms with Gasteiger partial charge in [-0.2, -0.15) is 5.10 Å². The van der Waals surface area contributed by atoms with Gasteiger partial charge in [0.15, 0.2) is 0 Å². The molecule has 1 unspecified atom stereocenters. The Hall–Kier alpha value is -0.870. The molecule has 1 aromatic heterocycles. The molecular formula is C15H28N4. The molecule has 0 aliphatic heterocycles. The van der Waals surface area contributed by atoms with E-state index in [1.807, 2.05) is 6.20 Å². The van der Waals surface area contributed by atoms with Gasteiger partial charge in [-0.25, -0.2) is 0 Å². The zero-order valence-electron chi connectivity index (χ0n) is 12.5. The van der Waals surface area contributed by atoms with Gasteiger partial charge in [0.1, 0.15) is 0 Å². The van der Waals surface area contributed by atoms with Crippen LogP contribution in [0.4, 0.5) is 0 Å². The molecular weight excluding hydrogens is 236 g/mol. The van der Waals surface area contributed by atoms with Crippen molar-refractivity contribution in [1.29, 1.82) is 0 Å². The normalized spacial score (nSPS) is 20.1. The summed E-state index contributed by atoms with van der Waals surface area (Å²) in [5.41, 5.74) is 4.65. The molecule has 0 saturated heterocycles. The van der Waals surface area contributed by atoms with E-state index in [2.05, 4.69) is 42.0 Å². The Kier molecular flexibility index (Phi) is 4.63. The van der Waals surface area contributed by atoms with E-state index in [1.165, 1.54) is 37.8 Å². The molecule has 4 heteroatoms. The number of hydrogen-bond donors (Lipinski definition) is 2. The molecule has 0 amide bonds. The zero-order valence-corrected chi connectivity index (χ0v) is 12.5. The van der Waals surface area contributed by atoms with Crippen molar-refractivity contribution >= 4 is 0 Å². The number of nitrogens with two attached hydrogens (primary N) is 1. The fourth-order valence-corrected chi connectivity index (χ4v) is 3.93. The maximum Gasteiger partial charge on any atom is 0.0685 e. The molecule has 1 saturated carbocycles. The lowest BCUT2D eigenvalue weighted by molar-refractivity contribution is 0.149. The van der Waals surface area contributed by atoms with Crippen LogP contribution in [0.25, 0.3) is 0 Å². The van der Waals surface area contributed by atoms with Crippen LogP contribution in [0.2, 0.25) is 0 Å². The van der Waals surface area contributed by atoms with E-state index >= 15 is 0 Å². The van der Waals surface area contributed by atoms with Crippen molar-refractivity contribution in [3.05, 3.63) is 18.0 Å². The van der Waals surface area contributed by atoms with Gasteiger partial charge in [-0.05, 0) is 43.6 Å². The monoisotopic (exact) mass is 264 g/mol. The van der Waals surface area contributed by atoms with Gasteiger partial charge in [0.05, 0.1) is 11.7 Å². The molecule has 4 nitrogen and oxygen atoms in total. The average Bonchev–Trinajstić information content (AvgIpc) is 2.99. The Morgan fingerprint density at radius 1 is 1.42 bits per heavy atom. The molecule has 3 N–H and O–H groups in total. The van der Waals surface area contributed by atoms with E-state index in [1.54, 1.807) is 0 Å². The predicted molar refractivity (Wildman–Crippen MR) is 78.3 cm³/mol. The summed E-state index contributed by atoms with van der Waals surface area (Å²) in [7, 11) is 0. The number of hydrogen-bond acceptors (Lipinski definition) is 3. The second-order valence-electron chi connectivity index (χ2n) is 6.34. The van der Waals surface area contributed by atoms with Gasteiger partial charge in [-0.3, -0.25) is 16.0 Å².